The minimum atomic E-state index is 0. The van der Waals surface area contributed by atoms with E-state index in [0.717, 1.165) is 0 Å². The Hall–Kier alpha value is 1.38. The molecule has 0 unspecified atom stereocenters. The molecule has 0 N–H and O–H groups in total. The van der Waals surface area contributed by atoms with Crippen LogP contribution < -0.4 is 0 Å². The Labute approximate surface area is 159 Å². The van der Waals surface area contributed by atoms with Crippen molar-refractivity contribution in [2.45, 2.75) is 113 Å². The maximum absolute atomic E-state index is 4.39. The van der Waals surface area contributed by atoms with Crippen LogP contribution in [-0.2, 0) is 20.4 Å². The Morgan fingerprint density at radius 1 is 0.500 bits per heavy atom. The van der Waals surface area contributed by atoms with Crippen LogP contribution in [0.5, 0.6) is 0 Å². The largest absolute Gasteiger partial charge is 0.352 e. The van der Waals surface area contributed by atoms with Gasteiger partial charge in [0.1, 0.15) is 0 Å². The first-order valence-corrected chi connectivity index (χ1v) is 11.6. The van der Waals surface area contributed by atoms with Gasteiger partial charge in [-0.15, -0.1) is 0 Å². The quantitative estimate of drug-likeness (QED) is 0.244. The summed E-state index contributed by atoms with van der Waals surface area (Å²) in [6.45, 7) is 0. The Bertz CT molecular complexity index is 213. The van der Waals surface area contributed by atoms with E-state index in [1.165, 1.54) is 36.2 Å². The zero-order valence-corrected chi connectivity index (χ0v) is 17.4. The first-order chi connectivity index (χ1) is 10.4. The van der Waals surface area contributed by atoms with Gasteiger partial charge in [0, 0.05) is 20.4 Å². The second-order valence-corrected chi connectivity index (χ2v) is 10.4. The van der Waals surface area contributed by atoms with Crippen molar-refractivity contribution < 1.29 is 20.4 Å². The van der Waals surface area contributed by atoms with Crippen LogP contribution in [0.15, 0.2) is 0 Å². The smallest absolute Gasteiger partial charge is 0 e. The van der Waals surface area contributed by atoms with E-state index in [2.05, 4.69) is 18.0 Å². The molecule has 0 aromatic heterocycles. The van der Waals surface area contributed by atoms with Gasteiger partial charge in [0.15, 0.2) is 0 Å². The van der Waals surface area contributed by atoms with Crippen molar-refractivity contribution in [3.63, 3.8) is 0 Å². The number of hydrogen-bond acceptors (Lipinski definition) is 0. The van der Waals surface area contributed by atoms with E-state index in [-0.39, 0.29) is 20.4 Å². The fraction of sp³-hybridized carbons (Fsp3) is 0.947. The molecule has 0 spiro atoms. The Morgan fingerprint density at radius 3 is 0.955 bits per heavy atom. The monoisotopic (exact) mass is 435 g/mol. The predicted molar refractivity (Wildman–Crippen MR) is 98.7 cm³/mol. The molecular weight excluding hydrogens is 401 g/mol. The van der Waals surface area contributed by atoms with Gasteiger partial charge in [0.2, 0.25) is 0 Å². The Kier molecular flexibility index (Phi) is 12.4. The van der Waals surface area contributed by atoms with Crippen molar-refractivity contribution >= 4 is 19.5 Å². The summed E-state index contributed by atoms with van der Waals surface area (Å²) in [7, 11) is 0.385. The normalized spacial score (nSPS) is 25.2. The summed E-state index contributed by atoms with van der Waals surface area (Å²) in [6, 6.07) is 0. The third-order valence-corrected chi connectivity index (χ3v) is 10.1. The van der Waals surface area contributed by atoms with Crippen molar-refractivity contribution in [3.8, 4) is 0 Å². The minimum Gasteiger partial charge on any atom is -0.352 e. The molecule has 0 amide bonds. The second-order valence-electron chi connectivity index (χ2n) is 7.32. The first-order valence-electron chi connectivity index (χ1n) is 9.49. The fourth-order valence-electron chi connectivity index (χ4n) is 5.03. The van der Waals surface area contributed by atoms with Crippen molar-refractivity contribution in [3.05, 3.63) is 6.38 Å². The van der Waals surface area contributed by atoms with Crippen LogP contribution in [0.4, 0.5) is 0 Å². The molecular formula is C19H35ClPPd-. The Morgan fingerprint density at radius 2 is 0.727 bits per heavy atom. The molecule has 134 valence electrons. The van der Waals surface area contributed by atoms with Gasteiger partial charge in [0.05, 0.1) is 0 Å². The van der Waals surface area contributed by atoms with Crippen LogP contribution >= 0.6 is 19.5 Å². The molecule has 0 bridgehead atoms. The van der Waals surface area contributed by atoms with Gasteiger partial charge < -0.3 is 11.6 Å². The van der Waals surface area contributed by atoms with E-state index >= 15 is 0 Å². The maximum atomic E-state index is 4.39. The zero-order valence-electron chi connectivity index (χ0n) is 14.2. The molecule has 0 aromatic rings. The molecule has 22 heavy (non-hydrogen) atoms. The summed E-state index contributed by atoms with van der Waals surface area (Å²) in [5.74, 6) is 0. The molecule has 0 aromatic carbocycles. The molecule has 3 fully saturated rings. The molecule has 0 aliphatic heterocycles. The molecule has 0 saturated heterocycles. The average molecular weight is 436 g/mol. The van der Waals surface area contributed by atoms with Gasteiger partial charge in [-0.3, -0.25) is 6.38 Å². The third-order valence-electron chi connectivity index (χ3n) is 5.99. The molecule has 0 radical (unpaired) electrons. The Balaban J connectivity index is 0.000000775. The first kappa shape index (κ1) is 21.4. The van der Waals surface area contributed by atoms with Crippen LogP contribution in [-0.4, -0.2) is 17.0 Å². The zero-order chi connectivity index (χ0) is 14.9. The van der Waals surface area contributed by atoms with E-state index in [9.17, 15) is 0 Å². The van der Waals surface area contributed by atoms with Crippen LogP contribution in [0.3, 0.4) is 0 Å². The standard InChI is InChI=1S/C18H33P.CH2Cl.Pd/c1-4-10-16(11-5-1)19(17-12-6-2-7-13-17)18-14-8-3-9-15-18;1-2;/h16-18H,1-15H2;1H2;/q;-1;. The van der Waals surface area contributed by atoms with E-state index in [4.69, 9.17) is 0 Å². The molecule has 0 heterocycles. The van der Waals surface area contributed by atoms with Crippen LogP contribution in [0.25, 0.3) is 0 Å². The molecule has 3 aliphatic rings. The van der Waals surface area contributed by atoms with Gasteiger partial charge in [-0.25, -0.2) is 0 Å². The van der Waals surface area contributed by atoms with Crippen LogP contribution in [0.2, 0.25) is 0 Å². The summed E-state index contributed by atoms with van der Waals surface area (Å²) < 4.78 is 0. The van der Waals surface area contributed by atoms with Gasteiger partial charge in [-0.1, -0.05) is 65.7 Å². The van der Waals surface area contributed by atoms with Crippen LogP contribution in [0.1, 0.15) is 96.3 Å². The van der Waals surface area contributed by atoms with Crippen LogP contribution in [0, 0.1) is 6.38 Å². The summed E-state index contributed by atoms with van der Waals surface area (Å²) >= 11 is 4.39. The SMILES string of the molecule is C1CCC(P(C2CCCCC2)C2CCCCC2)CC1.[CH2-]Cl.[Pd]. The third kappa shape index (κ3) is 6.36. The summed E-state index contributed by atoms with van der Waals surface area (Å²) in [6.07, 6.45) is 26.3. The average Bonchev–Trinajstić information content (AvgIpc) is 2.60. The van der Waals surface area contributed by atoms with E-state index in [1.807, 2.05) is 0 Å². The van der Waals surface area contributed by atoms with Gasteiger partial charge in [0.25, 0.3) is 0 Å². The maximum Gasteiger partial charge on any atom is 0 e. The van der Waals surface area contributed by atoms with E-state index < -0.39 is 0 Å². The molecule has 3 rings (SSSR count). The van der Waals surface area contributed by atoms with Crippen molar-refractivity contribution in [1.29, 1.82) is 0 Å². The van der Waals surface area contributed by atoms with Crippen molar-refractivity contribution in [2.24, 2.45) is 0 Å². The summed E-state index contributed by atoms with van der Waals surface area (Å²) in [5.41, 5.74) is 3.57. The molecule has 3 heteroatoms. The summed E-state index contributed by atoms with van der Waals surface area (Å²) in [4.78, 5) is 0. The minimum absolute atomic E-state index is 0. The van der Waals surface area contributed by atoms with E-state index in [0.29, 0.717) is 7.92 Å². The van der Waals surface area contributed by atoms with Crippen molar-refractivity contribution in [1.82, 2.24) is 0 Å². The molecule has 3 saturated carbocycles. The van der Waals surface area contributed by atoms with Crippen molar-refractivity contribution in [2.75, 3.05) is 0 Å². The van der Waals surface area contributed by atoms with Gasteiger partial charge >= 0.3 is 0 Å². The van der Waals surface area contributed by atoms with Gasteiger partial charge in [-0.2, -0.15) is 0 Å². The molecule has 0 nitrogen and oxygen atoms in total. The molecule has 0 atom stereocenters. The van der Waals surface area contributed by atoms with E-state index in [1.54, 1.807) is 77.0 Å². The number of halogens is 1. The second kappa shape index (κ2) is 12.7. The summed E-state index contributed by atoms with van der Waals surface area (Å²) in [5, 5.41) is 0. The van der Waals surface area contributed by atoms with Gasteiger partial charge in [-0.05, 0) is 55.5 Å². The number of rotatable bonds is 3. The predicted octanol–water partition coefficient (Wildman–Crippen LogP) is 7.48. The fourth-order valence-corrected chi connectivity index (χ4v) is 9.71. The number of hydrogen-bond donors (Lipinski definition) is 0. The molecule has 3 aliphatic carbocycles. The topological polar surface area (TPSA) is 0 Å².